The van der Waals surface area contributed by atoms with E-state index in [1.165, 1.54) is 39.2 Å². The fourth-order valence-electron chi connectivity index (χ4n) is 6.77. The fraction of sp³-hybridized carbons (Fsp3) is 0.290. The first kappa shape index (κ1) is 20.7. The van der Waals surface area contributed by atoms with Crippen molar-refractivity contribution in [2.45, 2.75) is 57.5 Å². The summed E-state index contributed by atoms with van der Waals surface area (Å²) in [5.41, 5.74) is 9.19. The lowest BCUT2D eigenvalue weighted by Gasteiger charge is -2.39. The Morgan fingerprint density at radius 1 is 0.886 bits per heavy atom. The molecule has 8 rings (SSSR count). The summed E-state index contributed by atoms with van der Waals surface area (Å²) >= 11 is 0. The molecule has 0 saturated carbocycles. The van der Waals surface area contributed by atoms with E-state index in [1.54, 1.807) is 0 Å². The Bertz CT molecular complexity index is 1440. The SMILES string of the molecule is CC(C)c1cc2c(cc1-c1ccccc1)N1c3nccnc3N3c4ccc(cc4)C(C)CC2(C)C31. The molecular formula is C31H30N4. The minimum absolute atomic E-state index is 0.0927. The van der Waals surface area contributed by atoms with Crippen LogP contribution in [0, 0.1) is 0 Å². The van der Waals surface area contributed by atoms with E-state index >= 15 is 0 Å². The standard InChI is InChI=1S/C31H30N4/c1-19(2)24-16-26-27(17-25(24)22-8-6-5-7-9-22)35-29-28(32-14-15-33-29)34-23-12-10-21(11-13-23)20(3)18-31(26,4)30(34)35/h5-17,19-20,30H,18H2,1-4H3. The third-order valence-corrected chi connectivity index (χ3v) is 8.40. The zero-order valence-corrected chi connectivity index (χ0v) is 20.7. The van der Waals surface area contributed by atoms with Crippen LogP contribution in [0.5, 0.6) is 0 Å². The van der Waals surface area contributed by atoms with Crippen LogP contribution in [0.25, 0.3) is 11.1 Å². The van der Waals surface area contributed by atoms with Crippen LogP contribution < -0.4 is 9.80 Å². The fourth-order valence-corrected chi connectivity index (χ4v) is 6.77. The maximum atomic E-state index is 4.89. The van der Waals surface area contributed by atoms with Gasteiger partial charge in [-0.25, -0.2) is 9.97 Å². The van der Waals surface area contributed by atoms with Crippen LogP contribution in [0.2, 0.25) is 0 Å². The number of benzene rings is 3. The highest BCUT2D eigenvalue weighted by Crippen LogP contribution is 2.61. The lowest BCUT2D eigenvalue weighted by atomic mass is 9.72. The summed E-state index contributed by atoms with van der Waals surface area (Å²) in [6.45, 7) is 9.46. The number of aromatic nitrogens is 2. The molecule has 0 N–H and O–H groups in total. The summed E-state index contributed by atoms with van der Waals surface area (Å²) in [5, 5.41) is 0. The lowest BCUT2D eigenvalue weighted by molar-refractivity contribution is 0.357. The quantitative estimate of drug-likeness (QED) is 0.309. The topological polar surface area (TPSA) is 32.3 Å². The van der Waals surface area contributed by atoms with Gasteiger partial charge in [-0.05, 0) is 64.3 Å². The maximum absolute atomic E-state index is 4.89. The largest absolute Gasteiger partial charge is 0.301 e. The Hall–Kier alpha value is -3.66. The van der Waals surface area contributed by atoms with Gasteiger partial charge in [0.15, 0.2) is 11.6 Å². The van der Waals surface area contributed by atoms with Crippen LogP contribution in [-0.2, 0) is 5.41 Å². The number of rotatable bonds is 2. The summed E-state index contributed by atoms with van der Waals surface area (Å²) < 4.78 is 0. The maximum Gasteiger partial charge on any atom is 0.178 e. The number of nitrogens with zero attached hydrogens (tertiary/aromatic N) is 4. The van der Waals surface area contributed by atoms with E-state index < -0.39 is 0 Å². The van der Waals surface area contributed by atoms with Gasteiger partial charge in [0.25, 0.3) is 0 Å². The molecule has 4 nitrogen and oxygen atoms in total. The molecule has 0 aliphatic carbocycles. The number of hydrogen-bond acceptors (Lipinski definition) is 4. The molecule has 3 aromatic carbocycles. The van der Waals surface area contributed by atoms with Gasteiger partial charge in [0.05, 0.1) is 0 Å². The molecule has 174 valence electrons. The van der Waals surface area contributed by atoms with E-state index in [0.717, 1.165) is 18.1 Å². The highest BCUT2D eigenvalue weighted by molar-refractivity contribution is 5.91. The highest BCUT2D eigenvalue weighted by atomic mass is 15.5. The van der Waals surface area contributed by atoms with Crippen molar-refractivity contribution in [1.29, 1.82) is 0 Å². The van der Waals surface area contributed by atoms with Gasteiger partial charge >= 0.3 is 0 Å². The molecule has 0 amide bonds. The van der Waals surface area contributed by atoms with Crippen molar-refractivity contribution in [2.75, 3.05) is 9.80 Å². The monoisotopic (exact) mass is 458 g/mol. The first-order valence-corrected chi connectivity index (χ1v) is 12.7. The van der Waals surface area contributed by atoms with E-state index in [4.69, 9.17) is 9.97 Å². The second kappa shape index (κ2) is 7.17. The van der Waals surface area contributed by atoms with Crippen molar-refractivity contribution < 1.29 is 0 Å². The zero-order valence-electron chi connectivity index (χ0n) is 20.7. The summed E-state index contributed by atoms with van der Waals surface area (Å²) in [7, 11) is 0. The molecule has 4 aromatic rings. The Balaban J connectivity index is 1.55. The molecule has 0 radical (unpaired) electrons. The van der Waals surface area contributed by atoms with Crippen molar-refractivity contribution in [1.82, 2.24) is 9.97 Å². The van der Waals surface area contributed by atoms with Crippen LogP contribution in [0.15, 0.2) is 79.1 Å². The van der Waals surface area contributed by atoms with E-state index in [1.807, 2.05) is 12.4 Å². The van der Waals surface area contributed by atoms with Crippen molar-refractivity contribution in [3.63, 3.8) is 0 Å². The second-order valence-corrected chi connectivity index (χ2v) is 10.9. The molecule has 5 heterocycles. The smallest absolute Gasteiger partial charge is 0.178 e. The number of hydrogen-bond donors (Lipinski definition) is 0. The van der Waals surface area contributed by atoms with Crippen LogP contribution >= 0.6 is 0 Å². The highest BCUT2D eigenvalue weighted by Gasteiger charge is 2.57. The normalized spacial score (nSPS) is 23.6. The zero-order chi connectivity index (χ0) is 23.9. The van der Waals surface area contributed by atoms with Crippen molar-refractivity contribution >= 4 is 23.0 Å². The Morgan fingerprint density at radius 3 is 2.26 bits per heavy atom. The van der Waals surface area contributed by atoms with Gasteiger partial charge in [-0.1, -0.05) is 76.2 Å². The third kappa shape index (κ3) is 2.74. The van der Waals surface area contributed by atoms with Gasteiger partial charge in [-0.3, -0.25) is 0 Å². The predicted octanol–water partition coefficient (Wildman–Crippen LogP) is 7.66. The molecule has 2 bridgehead atoms. The van der Waals surface area contributed by atoms with Crippen molar-refractivity contribution in [2.24, 2.45) is 0 Å². The molecule has 4 aliphatic rings. The Kier molecular flexibility index (Phi) is 4.24. The number of anilines is 4. The molecule has 3 atom stereocenters. The van der Waals surface area contributed by atoms with Gasteiger partial charge in [-0.2, -0.15) is 0 Å². The molecule has 0 fully saturated rings. The second-order valence-electron chi connectivity index (χ2n) is 10.9. The van der Waals surface area contributed by atoms with Crippen LogP contribution in [0.3, 0.4) is 0 Å². The molecule has 4 heteroatoms. The predicted molar refractivity (Wildman–Crippen MR) is 143 cm³/mol. The van der Waals surface area contributed by atoms with Gasteiger partial charge in [-0.15, -0.1) is 0 Å². The summed E-state index contributed by atoms with van der Waals surface area (Å²) in [6.07, 6.45) is 4.81. The first-order chi connectivity index (χ1) is 17.0. The van der Waals surface area contributed by atoms with Gasteiger partial charge in [0.1, 0.15) is 6.17 Å². The third-order valence-electron chi connectivity index (χ3n) is 8.40. The average molecular weight is 459 g/mol. The van der Waals surface area contributed by atoms with Gasteiger partial charge < -0.3 is 9.80 Å². The van der Waals surface area contributed by atoms with Crippen LogP contribution in [0.4, 0.5) is 23.0 Å². The minimum atomic E-state index is -0.0927. The van der Waals surface area contributed by atoms with E-state index in [9.17, 15) is 0 Å². The van der Waals surface area contributed by atoms with Gasteiger partial charge in [0.2, 0.25) is 0 Å². The van der Waals surface area contributed by atoms with E-state index in [2.05, 4.69) is 104 Å². The Morgan fingerprint density at radius 2 is 1.57 bits per heavy atom. The molecule has 35 heavy (non-hydrogen) atoms. The van der Waals surface area contributed by atoms with Crippen molar-refractivity contribution in [3.05, 3.63) is 95.8 Å². The van der Waals surface area contributed by atoms with Crippen molar-refractivity contribution in [3.8, 4) is 11.1 Å². The van der Waals surface area contributed by atoms with E-state index in [-0.39, 0.29) is 11.6 Å². The van der Waals surface area contributed by atoms with E-state index in [0.29, 0.717) is 11.8 Å². The number of fused-ring (bicyclic) bond motifs is 7. The molecule has 3 unspecified atom stereocenters. The first-order valence-electron chi connectivity index (χ1n) is 12.7. The summed E-state index contributed by atoms with van der Waals surface area (Å²) in [6, 6.07) is 24.9. The molecule has 1 aromatic heterocycles. The lowest BCUT2D eigenvalue weighted by Crippen LogP contribution is -2.48. The summed E-state index contributed by atoms with van der Waals surface area (Å²) in [5.74, 6) is 2.78. The molecular weight excluding hydrogens is 428 g/mol. The average Bonchev–Trinajstić information content (AvgIpc) is 3.36. The molecule has 0 spiro atoms. The van der Waals surface area contributed by atoms with Gasteiger partial charge in [0, 0.05) is 29.2 Å². The summed E-state index contributed by atoms with van der Waals surface area (Å²) in [4.78, 5) is 14.7. The molecule has 4 aliphatic heterocycles. The molecule has 0 saturated heterocycles. The Labute approximate surface area is 207 Å². The minimum Gasteiger partial charge on any atom is -0.301 e. The van der Waals surface area contributed by atoms with Crippen LogP contribution in [-0.4, -0.2) is 16.1 Å². The van der Waals surface area contributed by atoms with Crippen LogP contribution in [0.1, 0.15) is 62.6 Å².